The molecular formula is C7H11NO2S. The molecule has 3 nitrogen and oxygen atoms in total. The summed E-state index contributed by atoms with van der Waals surface area (Å²) in [6.45, 7) is 3.92. The van der Waals surface area contributed by atoms with Gasteiger partial charge in [0.05, 0.1) is 10.3 Å². The first-order valence-corrected chi connectivity index (χ1v) is 4.58. The highest BCUT2D eigenvalue weighted by Gasteiger charge is 2.37. The molecule has 11 heavy (non-hydrogen) atoms. The lowest BCUT2D eigenvalue weighted by Gasteiger charge is -2.23. The smallest absolute Gasteiger partial charge is 0.163 e. The van der Waals surface area contributed by atoms with Gasteiger partial charge in [0.15, 0.2) is 11.5 Å². The molecule has 0 saturated heterocycles. The zero-order valence-corrected chi connectivity index (χ0v) is 7.64. The van der Waals surface area contributed by atoms with Crippen LogP contribution in [-0.4, -0.2) is 28.9 Å². The van der Waals surface area contributed by atoms with Crippen LogP contribution >= 0.6 is 10.5 Å². The average Bonchev–Trinajstić information content (AvgIpc) is 2.24. The molecule has 0 N–H and O–H groups in total. The summed E-state index contributed by atoms with van der Waals surface area (Å²) >= 11 is 0. The summed E-state index contributed by atoms with van der Waals surface area (Å²) in [6, 6.07) is 0. The topological polar surface area (TPSA) is 38.7 Å². The predicted octanol–water partition coefficient (Wildman–Crippen LogP) is 1.12. The Morgan fingerprint density at radius 2 is 2.36 bits per heavy atom. The van der Waals surface area contributed by atoms with Gasteiger partial charge in [-0.25, -0.2) is 4.79 Å². The van der Waals surface area contributed by atoms with Crippen LogP contribution in [0.1, 0.15) is 13.8 Å². The van der Waals surface area contributed by atoms with Crippen molar-refractivity contribution in [3.63, 3.8) is 0 Å². The largest absolute Gasteiger partial charge is 0.358 e. The van der Waals surface area contributed by atoms with Crippen LogP contribution in [0.4, 0.5) is 0 Å². The van der Waals surface area contributed by atoms with Gasteiger partial charge in [-0.1, -0.05) is 0 Å². The minimum absolute atomic E-state index is 0.188. The van der Waals surface area contributed by atoms with Gasteiger partial charge in [-0.05, 0) is 24.3 Å². The van der Waals surface area contributed by atoms with Gasteiger partial charge in [-0.15, -0.1) is 0 Å². The van der Waals surface area contributed by atoms with Crippen molar-refractivity contribution in [3.8, 4) is 0 Å². The average molecular weight is 173 g/mol. The molecule has 0 aromatic rings. The number of rotatable bonds is 1. The van der Waals surface area contributed by atoms with Crippen LogP contribution in [0.5, 0.6) is 0 Å². The molecule has 0 spiro atoms. The molecule has 1 heterocycles. The van der Waals surface area contributed by atoms with Crippen LogP contribution in [0.25, 0.3) is 0 Å². The number of ether oxygens (including phenoxy) is 1. The third-order valence-corrected chi connectivity index (χ3v) is 3.62. The molecule has 0 bridgehead atoms. The van der Waals surface area contributed by atoms with Crippen LogP contribution in [0.3, 0.4) is 0 Å². The highest BCUT2D eigenvalue weighted by molar-refractivity contribution is 8.27. The van der Waals surface area contributed by atoms with E-state index in [2.05, 4.69) is 4.99 Å². The lowest BCUT2D eigenvalue weighted by Crippen LogP contribution is -2.30. The van der Waals surface area contributed by atoms with Gasteiger partial charge in [0.1, 0.15) is 0 Å². The Labute approximate surface area is 68.4 Å². The number of methoxy groups -OCH3 is 1. The quantitative estimate of drug-likeness (QED) is 0.557. The molecule has 2 atom stereocenters. The van der Waals surface area contributed by atoms with E-state index in [0.29, 0.717) is 0 Å². The Bertz CT molecular complexity index is 241. The molecule has 1 aliphatic heterocycles. The maximum Gasteiger partial charge on any atom is 0.163 e. The maximum absolute atomic E-state index is 10.4. The van der Waals surface area contributed by atoms with E-state index >= 15 is 0 Å². The summed E-state index contributed by atoms with van der Waals surface area (Å²) in [5.41, 5.74) is 1.64. The molecule has 0 radical (unpaired) electrons. The van der Waals surface area contributed by atoms with Crippen LogP contribution in [0, 0.1) is 0 Å². The molecule has 4 heteroatoms. The number of carbonyl (C=O) groups excluding carboxylic acids is 1. The van der Waals surface area contributed by atoms with Crippen molar-refractivity contribution < 1.29 is 9.53 Å². The van der Waals surface area contributed by atoms with Crippen LogP contribution in [0.15, 0.2) is 4.99 Å². The van der Waals surface area contributed by atoms with Gasteiger partial charge >= 0.3 is 0 Å². The molecular weight excluding hydrogens is 162 g/mol. The molecule has 62 valence electrons. The Balaban J connectivity index is 2.98. The summed E-state index contributed by atoms with van der Waals surface area (Å²) in [5, 5.41) is 1.97. The minimum atomic E-state index is -0.497. The molecule has 0 aliphatic carbocycles. The van der Waals surface area contributed by atoms with Crippen molar-refractivity contribution in [2.45, 2.75) is 24.8 Å². The first-order valence-electron chi connectivity index (χ1n) is 3.30. The normalized spacial score (nSPS) is 33.7. The summed E-state index contributed by atoms with van der Waals surface area (Å²) in [6.07, 6.45) is -0.188. The number of hydrogen-bond donors (Lipinski definition) is 0. The standard InChI is InChI=1S/C7H11NO2S/c1-7(2)6(10-3)8-4-11(7)5-9/h4,6H,1-3H3. The molecule has 0 saturated carbocycles. The van der Waals surface area contributed by atoms with E-state index in [9.17, 15) is 4.79 Å². The van der Waals surface area contributed by atoms with Crippen LogP contribution in [0.2, 0.25) is 0 Å². The molecule has 0 aromatic heterocycles. The summed E-state index contributed by atoms with van der Waals surface area (Å²) in [5.74, 6) is 0. The fourth-order valence-corrected chi connectivity index (χ4v) is 2.15. The Kier molecular flexibility index (Phi) is 2.28. The van der Waals surface area contributed by atoms with Gasteiger partial charge in [0, 0.05) is 7.11 Å². The monoisotopic (exact) mass is 173 g/mol. The Morgan fingerprint density at radius 1 is 1.73 bits per heavy atom. The number of nitrogens with zero attached hydrogens (tertiary/aromatic N) is 1. The van der Waals surface area contributed by atoms with E-state index in [1.54, 1.807) is 12.7 Å². The van der Waals surface area contributed by atoms with E-state index in [4.69, 9.17) is 4.74 Å². The second-order valence-corrected chi connectivity index (χ2v) is 4.97. The third-order valence-electron chi connectivity index (χ3n) is 1.78. The molecule has 0 fully saturated rings. The van der Waals surface area contributed by atoms with Crippen molar-refractivity contribution >= 4 is 21.3 Å². The molecule has 2 unspecified atom stereocenters. The van der Waals surface area contributed by atoms with Crippen LogP contribution < -0.4 is 0 Å². The highest BCUT2D eigenvalue weighted by Crippen LogP contribution is 2.38. The minimum Gasteiger partial charge on any atom is -0.358 e. The molecule has 1 rings (SSSR count). The van der Waals surface area contributed by atoms with Gasteiger partial charge in [0.25, 0.3) is 0 Å². The van der Waals surface area contributed by atoms with Gasteiger partial charge in [0.2, 0.25) is 0 Å². The lowest BCUT2D eigenvalue weighted by molar-refractivity contribution is 0.0890. The summed E-state index contributed by atoms with van der Waals surface area (Å²) in [4.78, 5) is 14.5. The van der Waals surface area contributed by atoms with Crippen molar-refractivity contribution in [1.29, 1.82) is 0 Å². The fraction of sp³-hybridized carbons (Fsp3) is 0.714. The first kappa shape index (κ1) is 8.65. The summed E-state index contributed by atoms with van der Waals surface area (Å²) in [7, 11) is 1.10. The number of hydrogen-bond acceptors (Lipinski definition) is 3. The maximum atomic E-state index is 10.4. The van der Waals surface area contributed by atoms with Crippen molar-refractivity contribution in [3.05, 3.63) is 0 Å². The molecule has 1 aliphatic rings. The van der Waals surface area contributed by atoms with Crippen LogP contribution in [-0.2, 0) is 9.53 Å². The molecule has 0 amide bonds. The Morgan fingerprint density at radius 3 is 2.64 bits per heavy atom. The zero-order valence-electron chi connectivity index (χ0n) is 6.83. The highest BCUT2D eigenvalue weighted by atomic mass is 32.2. The van der Waals surface area contributed by atoms with Gasteiger partial charge in [-0.3, -0.25) is 4.99 Å². The van der Waals surface area contributed by atoms with E-state index in [-0.39, 0.29) is 11.0 Å². The predicted molar refractivity (Wildman–Crippen MR) is 46.7 cm³/mol. The van der Waals surface area contributed by atoms with Crippen molar-refractivity contribution in [2.75, 3.05) is 7.11 Å². The summed E-state index contributed by atoms with van der Waals surface area (Å²) < 4.78 is 4.88. The fourth-order valence-electron chi connectivity index (χ4n) is 1.01. The van der Waals surface area contributed by atoms with E-state index in [1.165, 1.54) is 0 Å². The second-order valence-electron chi connectivity index (χ2n) is 2.87. The second kappa shape index (κ2) is 2.89. The Hall–Kier alpha value is -0.440. The van der Waals surface area contributed by atoms with Crippen molar-refractivity contribution in [2.24, 2.45) is 4.99 Å². The van der Waals surface area contributed by atoms with Gasteiger partial charge < -0.3 is 4.74 Å². The zero-order chi connectivity index (χ0) is 8.48. The van der Waals surface area contributed by atoms with E-state index in [1.807, 2.05) is 19.1 Å². The number of aliphatic imine (C=N–C) groups is 1. The molecule has 0 aromatic carbocycles. The first-order chi connectivity index (χ1) is 5.12. The van der Waals surface area contributed by atoms with E-state index in [0.717, 1.165) is 0 Å². The van der Waals surface area contributed by atoms with E-state index < -0.39 is 10.5 Å². The van der Waals surface area contributed by atoms with Gasteiger partial charge in [-0.2, -0.15) is 0 Å². The van der Waals surface area contributed by atoms with Crippen molar-refractivity contribution in [1.82, 2.24) is 0 Å². The third kappa shape index (κ3) is 1.29. The SMILES string of the molecule is COC1N=CS(=C=O)C1(C)C. The lowest BCUT2D eigenvalue weighted by atomic mass is 10.2.